The molecular weight excluding hydrogens is 456 g/mol. The second-order valence-corrected chi connectivity index (χ2v) is 11.9. The topological polar surface area (TPSA) is 117 Å². The maximum atomic E-state index is 12.4. The molecule has 3 N–H and O–H groups in total. The van der Waals surface area contributed by atoms with Gasteiger partial charge in [0, 0.05) is 30.3 Å². The highest BCUT2D eigenvalue weighted by Gasteiger charge is 2.65. The van der Waals surface area contributed by atoms with E-state index in [0.717, 1.165) is 56.4 Å². The fraction of sp³-hybridized carbons (Fsp3) is 0.714. The number of aromatic amines is 1. The Morgan fingerprint density at radius 3 is 2.75 bits per heavy atom. The number of imidazole rings is 1. The average molecular weight is 497 g/mol. The number of hydrogen-bond acceptors (Lipinski definition) is 6. The maximum Gasteiger partial charge on any atom is 0.260 e. The van der Waals surface area contributed by atoms with E-state index >= 15 is 0 Å². The minimum atomic E-state index is -1.16. The standard InChI is InChI=1S/C28H40N4O4/c1-18(33)28(35)12-8-24-22-5-4-19-14-20(6-10-26(19,2)23(22)7-11-27(24,28)3)32-36-16-25(34)30-13-9-21-15-29-17-31-21/h14-15,17,22-24,35H,4-13,16H2,1-3H3,(H,29,31)(H,30,34)/t22-,23-,24-,26+,27+,28+/m1/s1. The Kier molecular flexibility index (Phi) is 6.60. The number of aliphatic hydroxyl groups is 1. The highest BCUT2D eigenvalue weighted by atomic mass is 16.6. The number of fused-ring (bicyclic) bond motifs is 5. The Labute approximate surface area is 213 Å². The summed E-state index contributed by atoms with van der Waals surface area (Å²) < 4.78 is 0. The molecule has 4 aliphatic rings. The van der Waals surface area contributed by atoms with E-state index in [2.05, 4.69) is 40.4 Å². The van der Waals surface area contributed by atoms with Crippen LogP contribution >= 0.6 is 0 Å². The molecule has 0 saturated heterocycles. The minimum Gasteiger partial charge on any atom is -0.385 e. The third-order valence-corrected chi connectivity index (χ3v) is 10.4. The first kappa shape index (κ1) is 25.2. The first-order valence-corrected chi connectivity index (χ1v) is 13.5. The minimum absolute atomic E-state index is 0.0569. The van der Waals surface area contributed by atoms with Crippen LogP contribution in [0.1, 0.15) is 77.8 Å². The molecule has 8 heteroatoms. The number of oxime groups is 1. The Morgan fingerprint density at radius 1 is 1.19 bits per heavy atom. The molecule has 4 aliphatic carbocycles. The lowest BCUT2D eigenvalue weighted by molar-refractivity contribution is -0.159. The van der Waals surface area contributed by atoms with Crippen molar-refractivity contribution in [3.63, 3.8) is 0 Å². The zero-order valence-corrected chi connectivity index (χ0v) is 21.8. The number of ketones is 1. The number of H-pyrrole nitrogens is 1. The lowest BCUT2D eigenvalue weighted by Gasteiger charge is -2.59. The molecule has 1 aromatic rings. The van der Waals surface area contributed by atoms with Crippen LogP contribution in [0.5, 0.6) is 0 Å². The van der Waals surface area contributed by atoms with Crippen molar-refractivity contribution >= 4 is 17.4 Å². The fourth-order valence-corrected chi connectivity index (χ4v) is 8.22. The van der Waals surface area contributed by atoms with Gasteiger partial charge in [0.05, 0.1) is 12.0 Å². The molecule has 8 nitrogen and oxygen atoms in total. The molecule has 3 saturated carbocycles. The van der Waals surface area contributed by atoms with Crippen LogP contribution in [0.25, 0.3) is 0 Å². The van der Waals surface area contributed by atoms with E-state index < -0.39 is 5.60 Å². The molecule has 1 amide bonds. The zero-order chi connectivity index (χ0) is 25.6. The number of allylic oxidation sites excluding steroid dienone is 2. The van der Waals surface area contributed by atoms with Crippen LogP contribution in [-0.2, 0) is 20.8 Å². The highest BCUT2D eigenvalue weighted by Crippen LogP contribution is 2.67. The van der Waals surface area contributed by atoms with Gasteiger partial charge >= 0.3 is 0 Å². The van der Waals surface area contributed by atoms with Gasteiger partial charge < -0.3 is 20.2 Å². The Bertz CT molecular complexity index is 1070. The van der Waals surface area contributed by atoms with Crippen LogP contribution < -0.4 is 5.32 Å². The van der Waals surface area contributed by atoms with Crippen LogP contribution in [0.3, 0.4) is 0 Å². The fourth-order valence-electron chi connectivity index (χ4n) is 8.22. The molecule has 1 heterocycles. The molecule has 0 unspecified atom stereocenters. The zero-order valence-electron chi connectivity index (χ0n) is 21.8. The summed E-state index contributed by atoms with van der Waals surface area (Å²) in [5.74, 6) is 1.31. The summed E-state index contributed by atoms with van der Waals surface area (Å²) in [6.07, 6.45) is 13.8. The SMILES string of the molecule is CC(=O)[C@@]1(O)CC[C@@H]2[C@@H]3CCC4=CC(=NOCC(=O)NCCc5cnc[nH]5)CC[C@]4(C)[C@@H]3CC[C@@]21C. The van der Waals surface area contributed by atoms with Crippen LogP contribution in [0, 0.1) is 28.6 Å². The Balaban J connectivity index is 1.19. The molecule has 5 rings (SSSR count). The second-order valence-electron chi connectivity index (χ2n) is 11.9. The second kappa shape index (κ2) is 9.43. The first-order valence-electron chi connectivity index (χ1n) is 13.5. The summed E-state index contributed by atoms with van der Waals surface area (Å²) in [4.78, 5) is 36.9. The van der Waals surface area contributed by atoms with Crippen molar-refractivity contribution in [1.29, 1.82) is 0 Å². The molecule has 0 bridgehead atoms. The molecular formula is C28H40N4O4. The van der Waals surface area contributed by atoms with Gasteiger partial charge in [0.25, 0.3) is 5.91 Å². The van der Waals surface area contributed by atoms with Crippen molar-refractivity contribution in [2.24, 2.45) is 33.7 Å². The predicted molar refractivity (Wildman–Crippen MR) is 136 cm³/mol. The molecule has 3 fully saturated rings. The summed E-state index contributed by atoms with van der Waals surface area (Å²) in [7, 11) is 0. The summed E-state index contributed by atoms with van der Waals surface area (Å²) in [5.41, 5.74) is 2.02. The summed E-state index contributed by atoms with van der Waals surface area (Å²) in [6, 6.07) is 0. The van der Waals surface area contributed by atoms with E-state index in [9.17, 15) is 14.7 Å². The largest absolute Gasteiger partial charge is 0.385 e. The third-order valence-electron chi connectivity index (χ3n) is 10.4. The lowest BCUT2D eigenvalue weighted by atomic mass is 9.46. The van der Waals surface area contributed by atoms with Crippen LogP contribution in [0.2, 0.25) is 0 Å². The van der Waals surface area contributed by atoms with Gasteiger partial charge in [0.15, 0.2) is 12.4 Å². The molecule has 0 aliphatic heterocycles. The molecule has 0 aromatic carbocycles. The number of nitrogens with zero attached hydrogens (tertiary/aromatic N) is 2. The molecule has 6 atom stereocenters. The van der Waals surface area contributed by atoms with Crippen molar-refractivity contribution < 1.29 is 19.5 Å². The van der Waals surface area contributed by atoms with E-state index in [0.29, 0.717) is 37.1 Å². The number of nitrogens with one attached hydrogen (secondary N) is 2. The van der Waals surface area contributed by atoms with Gasteiger partial charge in [-0.15, -0.1) is 0 Å². The lowest BCUT2D eigenvalue weighted by Crippen LogP contribution is -2.57. The Morgan fingerprint density at radius 2 is 2.00 bits per heavy atom. The third kappa shape index (κ3) is 4.11. The number of hydrogen-bond donors (Lipinski definition) is 3. The summed E-state index contributed by atoms with van der Waals surface area (Å²) in [6.45, 7) is 6.59. The monoisotopic (exact) mass is 496 g/mol. The van der Waals surface area contributed by atoms with Gasteiger partial charge in [-0.25, -0.2) is 4.98 Å². The quantitative estimate of drug-likeness (QED) is 0.498. The normalized spacial score (nSPS) is 38.5. The molecule has 0 radical (unpaired) electrons. The molecule has 36 heavy (non-hydrogen) atoms. The Hall–Kier alpha value is -2.48. The van der Waals surface area contributed by atoms with Gasteiger partial charge in [0.1, 0.15) is 5.60 Å². The van der Waals surface area contributed by atoms with Crippen molar-refractivity contribution in [2.75, 3.05) is 13.2 Å². The van der Waals surface area contributed by atoms with Crippen LogP contribution in [-0.4, -0.2) is 51.2 Å². The van der Waals surface area contributed by atoms with Crippen molar-refractivity contribution in [2.45, 2.75) is 84.2 Å². The van der Waals surface area contributed by atoms with Crippen molar-refractivity contribution in [3.8, 4) is 0 Å². The van der Waals surface area contributed by atoms with Gasteiger partial charge in [-0.3, -0.25) is 9.59 Å². The number of aromatic nitrogens is 2. The molecule has 196 valence electrons. The first-order chi connectivity index (χ1) is 17.2. The number of rotatable bonds is 7. The van der Waals surface area contributed by atoms with Gasteiger partial charge in [0.2, 0.25) is 0 Å². The highest BCUT2D eigenvalue weighted by molar-refractivity contribution is 5.96. The smallest absolute Gasteiger partial charge is 0.260 e. The molecule has 1 aromatic heterocycles. The number of amides is 1. The summed E-state index contributed by atoms with van der Waals surface area (Å²) >= 11 is 0. The number of carbonyl (C=O) groups is 2. The summed E-state index contributed by atoms with van der Waals surface area (Å²) in [5, 5.41) is 18.5. The molecule has 0 spiro atoms. The van der Waals surface area contributed by atoms with Gasteiger partial charge in [-0.2, -0.15) is 0 Å². The van der Waals surface area contributed by atoms with E-state index in [4.69, 9.17) is 4.84 Å². The van der Waals surface area contributed by atoms with Gasteiger partial charge in [-0.05, 0) is 87.5 Å². The average Bonchev–Trinajstić information content (AvgIpc) is 3.46. The number of Topliss-reactive ketones (excluding diaryl/α,β-unsaturated/α-hetero) is 1. The van der Waals surface area contributed by atoms with E-state index in [1.54, 1.807) is 19.4 Å². The maximum absolute atomic E-state index is 12.4. The van der Waals surface area contributed by atoms with Crippen LogP contribution in [0.4, 0.5) is 0 Å². The van der Waals surface area contributed by atoms with Crippen molar-refractivity contribution in [3.05, 3.63) is 29.9 Å². The van der Waals surface area contributed by atoms with Gasteiger partial charge in [-0.1, -0.05) is 24.6 Å². The van der Waals surface area contributed by atoms with Crippen molar-refractivity contribution in [1.82, 2.24) is 15.3 Å². The van der Waals surface area contributed by atoms with E-state index in [-0.39, 0.29) is 29.1 Å². The predicted octanol–water partition coefficient (Wildman–Crippen LogP) is 3.72. The van der Waals surface area contributed by atoms with Crippen LogP contribution in [0.15, 0.2) is 29.3 Å². The van der Waals surface area contributed by atoms with E-state index in [1.807, 2.05) is 0 Å². The number of carbonyl (C=O) groups excluding carboxylic acids is 2. The van der Waals surface area contributed by atoms with E-state index in [1.165, 1.54) is 5.57 Å².